The molecule has 1 N–H and O–H groups in total. The maximum Gasteiger partial charge on any atom is 0.226 e. The van der Waals surface area contributed by atoms with Crippen LogP contribution in [0.5, 0.6) is 0 Å². The zero-order valence-electron chi connectivity index (χ0n) is 16.6. The molecular formula is C23H27BrN2OS. The number of amides is 1. The molecule has 0 spiro atoms. The molecule has 0 radical (unpaired) electrons. The van der Waals surface area contributed by atoms with E-state index in [0.29, 0.717) is 10.7 Å². The molecule has 4 fully saturated rings. The number of hydrogen-bond donors (Lipinski definition) is 1. The fourth-order valence-electron chi connectivity index (χ4n) is 6.41. The molecule has 1 aromatic carbocycles. The van der Waals surface area contributed by atoms with Crippen LogP contribution in [0, 0.1) is 31.1 Å². The minimum atomic E-state index is 0.138. The number of aromatic nitrogens is 1. The third-order valence-corrected chi connectivity index (χ3v) is 8.89. The third kappa shape index (κ3) is 3.45. The van der Waals surface area contributed by atoms with Gasteiger partial charge < -0.3 is 5.32 Å². The fourth-order valence-corrected chi connectivity index (χ4v) is 8.66. The number of alkyl halides is 1. The molecule has 4 bridgehead atoms. The van der Waals surface area contributed by atoms with Crippen molar-refractivity contribution >= 4 is 38.3 Å². The van der Waals surface area contributed by atoms with Gasteiger partial charge in [-0.05, 0) is 86.8 Å². The van der Waals surface area contributed by atoms with Crippen LogP contribution >= 0.6 is 27.3 Å². The van der Waals surface area contributed by atoms with Gasteiger partial charge in [0.25, 0.3) is 0 Å². The van der Waals surface area contributed by atoms with E-state index in [9.17, 15) is 4.79 Å². The highest BCUT2D eigenvalue weighted by atomic mass is 79.9. The van der Waals surface area contributed by atoms with Crippen LogP contribution in [0.25, 0.3) is 11.3 Å². The Labute approximate surface area is 179 Å². The van der Waals surface area contributed by atoms with E-state index in [-0.39, 0.29) is 11.3 Å². The molecule has 0 unspecified atom stereocenters. The van der Waals surface area contributed by atoms with E-state index in [0.717, 1.165) is 34.6 Å². The summed E-state index contributed by atoms with van der Waals surface area (Å²) in [7, 11) is 0. The van der Waals surface area contributed by atoms with Crippen molar-refractivity contribution in [1.82, 2.24) is 4.98 Å². The summed E-state index contributed by atoms with van der Waals surface area (Å²) in [5.41, 5.74) is 4.81. The number of nitrogens with zero attached hydrogens (tertiary/aromatic N) is 1. The van der Waals surface area contributed by atoms with Gasteiger partial charge in [-0.3, -0.25) is 4.79 Å². The summed E-state index contributed by atoms with van der Waals surface area (Å²) in [5.74, 6) is 1.76. The molecule has 1 aromatic heterocycles. The standard InChI is InChI=1S/C23H27BrN2OS/c1-14-3-4-18(5-15(14)2)19-12-28-21(25-19)26-20(27)11-22-7-16-6-17(8-22)10-23(24,9-16)13-22/h3-5,12,16-17H,6-11,13H2,1-2H3,(H,25,26,27)/t16-,17-,22?,23?/m1/s1. The van der Waals surface area contributed by atoms with Gasteiger partial charge in [-0.1, -0.05) is 28.1 Å². The Kier molecular flexibility index (Phi) is 4.48. The number of anilines is 1. The molecule has 3 nitrogen and oxygen atoms in total. The van der Waals surface area contributed by atoms with Crippen molar-refractivity contribution in [2.24, 2.45) is 17.3 Å². The summed E-state index contributed by atoms with van der Waals surface area (Å²) in [6.07, 6.45) is 8.25. The van der Waals surface area contributed by atoms with Crippen LogP contribution in [0.4, 0.5) is 5.13 Å². The number of aryl methyl sites for hydroxylation is 2. The number of thiazole rings is 1. The summed E-state index contributed by atoms with van der Waals surface area (Å²) in [6, 6.07) is 6.40. The Hall–Kier alpha value is -1.20. The highest BCUT2D eigenvalue weighted by Crippen LogP contribution is 2.65. The molecule has 2 atom stereocenters. The molecule has 0 saturated heterocycles. The van der Waals surface area contributed by atoms with Crippen LogP contribution in [0.15, 0.2) is 23.6 Å². The summed E-state index contributed by atoms with van der Waals surface area (Å²) < 4.78 is 0.301. The predicted molar refractivity (Wildman–Crippen MR) is 119 cm³/mol. The van der Waals surface area contributed by atoms with Crippen molar-refractivity contribution < 1.29 is 4.79 Å². The van der Waals surface area contributed by atoms with Crippen LogP contribution < -0.4 is 5.32 Å². The van der Waals surface area contributed by atoms with Crippen molar-refractivity contribution in [3.8, 4) is 11.3 Å². The molecule has 28 heavy (non-hydrogen) atoms. The molecule has 148 valence electrons. The Morgan fingerprint density at radius 1 is 1.21 bits per heavy atom. The van der Waals surface area contributed by atoms with E-state index in [1.54, 1.807) is 0 Å². The monoisotopic (exact) mass is 458 g/mol. The lowest BCUT2D eigenvalue weighted by molar-refractivity contribution is -0.123. The van der Waals surface area contributed by atoms with E-state index in [2.05, 4.69) is 58.3 Å². The van der Waals surface area contributed by atoms with E-state index >= 15 is 0 Å². The SMILES string of the molecule is Cc1ccc(-c2csc(NC(=O)CC34C[C@H]5C[C@@H](CC(Br)(C5)C3)C4)n2)cc1C. The first-order chi connectivity index (χ1) is 13.3. The zero-order valence-corrected chi connectivity index (χ0v) is 19.0. The minimum absolute atomic E-state index is 0.138. The van der Waals surface area contributed by atoms with Crippen LogP contribution in [0.1, 0.15) is 56.1 Å². The van der Waals surface area contributed by atoms with Gasteiger partial charge in [-0.15, -0.1) is 11.3 Å². The quantitative estimate of drug-likeness (QED) is 0.531. The molecular weight excluding hydrogens is 432 g/mol. The smallest absolute Gasteiger partial charge is 0.226 e. The van der Waals surface area contributed by atoms with Crippen LogP contribution in [-0.4, -0.2) is 15.2 Å². The molecule has 5 heteroatoms. The second-order valence-electron chi connectivity index (χ2n) is 9.67. The van der Waals surface area contributed by atoms with Crippen molar-refractivity contribution in [3.05, 3.63) is 34.7 Å². The highest BCUT2D eigenvalue weighted by molar-refractivity contribution is 9.10. The second-order valence-corrected chi connectivity index (χ2v) is 12.2. The predicted octanol–water partition coefficient (Wildman–Crippen LogP) is 6.49. The van der Waals surface area contributed by atoms with Gasteiger partial charge in [0.15, 0.2) is 5.13 Å². The van der Waals surface area contributed by atoms with Gasteiger partial charge >= 0.3 is 0 Å². The van der Waals surface area contributed by atoms with E-state index in [1.165, 1.54) is 54.6 Å². The van der Waals surface area contributed by atoms with Gasteiger partial charge in [0.05, 0.1) is 5.69 Å². The molecule has 0 aliphatic heterocycles. The number of carbonyl (C=O) groups excluding carboxylic acids is 1. The lowest BCUT2D eigenvalue weighted by atomic mass is 9.48. The molecule has 4 aliphatic carbocycles. The number of hydrogen-bond acceptors (Lipinski definition) is 3. The van der Waals surface area contributed by atoms with Gasteiger partial charge in [0, 0.05) is 21.7 Å². The molecule has 1 amide bonds. The number of rotatable bonds is 4. The Morgan fingerprint density at radius 2 is 1.96 bits per heavy atom. The summed E-state index contributed by atoms with van der Waals surface area (Å²) in [5, 5.41) is 5.86. The summed E-state index contributed by atoms with van der Waals surface area (Å²) >= 11 is 5.57. The fraction of sp³-hybridized carbons (Fsp3) is 0.565. The topological polar surface area (TPSA) is 42.0 Å². The van der Waals surface area contributed by atoms with Gasteiger partial charge in [0.2, 0.25) is 5.91 Å². The molecule has 4 saturated carbocycles. The molecule has 1 heterocycles. The summed E-state index contributed by atoms with van der Waals surface area (Å²) in [4.78, 5) is 17.6. The van der Waals surface area contributed by atoms with Crippen LogP contribution in [-0.2, 0) is 4.79 Å². The lowest BCUT2D eigenvalue weighted by Crippen LogP contribution is -2.53. The van der Waals surface area contributed by atoms with Crippen molar-refractivity contribution in [3.63, 3.8) is 0 Å². The maximum absolute atomic E-state index is 12.9. The third-order valence-electron chi connectivity index (χ3n) is 7.20. The van der Waals surface area contributed by atoms with E-state index in [4.69, 9.17) is 0 Å². The average Bonchev–Trinajstić information content (AvgIpc) is 3.02. The normalized spacial score (nSPS) is 33.2. The van der Waals surface area contributed by atoms with Crippen LogP contribution in [0.2, 0.25) is 0 Å². The Bertz CT molecular complexity index is 922. The maximum atomic E-state index is 12.9. The van der Waals surface area contributed by atoms with Gasteiger partial charge in [0.1, 0.15) is 0 Å². The Balaban J connectivity index is 1.28. The molecule has 6 rings (SSSR count). The van der Waals surface area contributed by atoms with Crippen molar-refractivity contribution in [1.29, 1.82) is 0 Å². The zero-order chi connectivity index (χ0) is 19.5. The molecule has 2 aromatic rings. The number of benzene rings is 1. The van der Waals surface area contributed by atoms with Crippen molar-refractivity contribution in [2.75, 3.05) is 5.32 Å². The first-order valence-electron chi connectivity index (χ1n) is 10.3. The van der Waals surface area contributed by atoms with Crippen molar-refractivity contribution in [2.45, 2.75) is 63.1 Å². The average molecular weight is 459 g/mol. The second kappa shape index (κ2) is 6.66. The first kappa shape index (κ1) is 18.8. The van der Waals surface area contributed by atoms with Gasteiger partial charge in [-0.2, -0.15) is 0 Å². The first-order valence-corrected chi connectivity index (χ1v) is 12.0. The van der Waals surface area contributed by atoms with E-state index in [1.807, 2.05) is 5.38 Å². The number of halogens is 1. The van der Waals surface area contributed by atoms with Gasteiger partial charge in [-0.25, -0.2) is 4.98 Å². The van der Waals surface area contributed by atoms with E-state index < -0.39 is 0 Å². The Morgan fingerprint density at radius 3 is 2.64 bits per heavy atom. The van der Waals surface area contributed by atoms with Crippen LogP contribution in [0.3, 0.4) is 0 Å². The molecule has 4 aliphatic rings. The largest absolute Gasteiger partial charge is 0.302 e. The number of carbonyl (C=O) groups is 1. The number of nitrogens with one attached hydrogen (secondary N) is 1. The summed E-state index contributed by atoms with van der Waals surface area (Å²) in [6.45, 7) is 4.24. The minimum Gasteiger partial charge on any atom is -0.302 e. The lowest BCUT2D eigenvalue weighted by Gasteiger charge is -2.60. The highest BCUT2D eigenvalue weighted by Gasteiger charge is 2.57.